The molecule has 0 unspecified atom stereocenters. The van der Waals surface area contributed by atoms with Gasteiger partial charge in [-0.3, -0.25) is 9.59 Å². The second-order valence-electron chi connectivity index (χ2n) is 6.06. The van der Waals surface area contributed by atoms with E-state index in [-0.39, 0.29) is 24.9 Å². The first-order valence-electron chi connectivity index (χ1n) is 8.18. The number of carbonyl (C=O) groups excluding carboxylic acids is 2. The van der Waals surface area contributed by atoms with Gasteiger partial charge in [-0.2, -0.15) is 15.0 Å². The molecular formula is C17H21N5O2. The highest BCUT2D eigenvalue weighted by Gasteiger charge is 2.28. The SMILES string of the molecule is NC(=O)CN(C(=O)Cc1cnn(-c2ccccc2)n1)C1CCCC1. The van der Waals surface area contributed by atoms with Crippen LogP contribution >= 0.6 is 0 Å². The number of hydrogen-bond donors (Lipinski definition) is 1. The van der Waals surface area contributed by atoms with Crippen molar-refractivity contribution in [2.24, 2.45) is 5.73 Å². The van der Waals surface area contributed by atoms with E-state index in [2.05, 4.69) is 10.2 Å². The van der Waals surface area contributed by atoms with Crippen molar-refractivity contribution < 1.29 is 9.59 Å². The van der Waals surface area contributed by atoms with Crippen LogP contribution in [-0.2, 0) is 16.0 Å². The normalized spacial score (nSPS) is 14.7. The summed E-state index contributed by atoms with van der Waals surface area (Å²) in [4.78, 5) is 27.0. The number of carbonyl (C=O) groups is 2. The van der Waals surface area contributed by atoms with E-state index in [0.717, 1.165) is 31.4 Å². The van der Waals surface area contributed by atoms with Crippen molar-refractivity contribution in [1.29, 1.82) is 0 Å². The fraction of sp³-hybridized carbons (Fsp3) is 0.412. The molecule has 0 spiro atoms. The van der Waals surface area contributed by atoms with E-state index in [9.17, 15) is 9.59 Å². The maximum Gasteiger partial charge on any atom is 0.237 e. The van der Waals surface area contributed by atoms with Crippen molar-refractivity contribution in [2.75, 3.05) is 6.54 Å². The molecule has 1 aliphatic carbocycles. The van der Waals surface area contributed by atoms with Gasteiger partial charge in [0, 0.05) is 6.04 Å². The molecule has 0 saturated heterocycles. The molecule has 1 aliphatic rings. The van der Waals surface area contributed by atoms with Crippen LogP contribution in [0.4, 0.5) is 0 Å². The molecule has 1 fully saturated rings. The monoisotopic (exact) mass is 327 g/mol. The summed E-state index contributed by atoms with van der Waals surface area (Å²) in [5.41, 5.74) is 6.72. The maximum absolute atomic E-state index is 12.6. The van der Waals surface area contributed by atoms with Gasteiger partial charge < -0.3 is 10.6 Å². The third-order valence-electron chi connectivity index (χ3n) is 4.27. The van der Waals surface area contributed by atoms with Crippen molar-refractivity contribution in [1.82, 2.24) is 19.9 Å². The first-order valence-corrected chi connectivity index (χ1v) is 8.18. The van der Waals surface area contributed by atoms with Gasteiger partial charge in [-0.1, -0.05) is 31.0 Å². The summed E-state index contributed by atoms with van der Waals surface area (Å²) in [6.45, 7) is -0.0314. The predicted molar refractivity (Wildman–Crippen MR) is 88.2 cm³/mol. The van der Waals surface area contributed by atoms with Gasteiger partial charge in [0.05, 0.1) is 30.5 Å². The van der Waals surface area contributed by atoms with Crippen LogP contribution in [0.1, 0.15) is 31.4 Å². The lowest BCUT2D eigenvalue weighted by atomic mass is 10.2. The van der Waals surface area contributed by atoms with E-state index in [1.807, 2.05) is 30.3 Å². The minimum absolute atomic E-state index is 0.0314. The summed E-state index contributed by atoms with van der Waals surface area (Å²) in [5.74, 6) is -0.607. The summed E-state index contributed by atoms with van der Waals surface area (Å²) < 4.78 is 0. The number of aromatic nitrogens is 3. The highest BCUT2D eigenvalue weighted by atomic mass is 16.2. The van der Waals surface area contributed by atoms with Crippen molar-refractivity contribution in [2.45, 2.75) is 38.1 Å². The molecule has 1 heterocycles. The van der Waals surface area contributed by atoms with E-state index in [1.165, 1.54) is 4.80 Å². The zero-order valence-electron chi connectivity index (χ0n) is 13.5. The Labute approximate surface area is 140 Å². The van der Waals surface area contributed by atoms with Gasteiger partial charge in [0.1, 0.15) is 0 Å². The number of benzene rings is 1. The van der Waals surface area contributed by atoms with Crippen LogP contribution in [0.25, 0.3) is 5.69 Å². The summed E-state index contributed by atoms with van der Waals surface area (Å²) in [5, 5.41) is 8.55. The van der Waals surface area contributed by atoms with Crippen LogP contribution < -0.4 is 5.73 Å². The molecule has 2 N–H and O–H groups in total. The molecule has 1 saturated carbocycles. The molecule has 0 atom stereocenters. The lowest BCUT2D eigenvalue weighted by Crippen LogP contribution is -2.44. The van der Waals surface area contributed by atoms with E-state index >= 15 is 0 Å². The molecular weight excluding hydrogens is 306 g/mol. The molecule has 126 valence electrons. The Bertz CT molecular complexity index is 707. The number of nitrogens with two attached hydrogens (primary N) is 1. The number of rotatable bonds is 6. The predicted octanol–water partition coefficient (Wildman–Crippen LogP) is 1.07. The van der Waals surface area contributed by atoms with E-state index < -0.39 is 5.91 Å². The second-order valence-corrected chi connectivity index (χ2v) is 6.06. The van der Waals surface area contributed by atoms with Crippen LogP contribution in [-0.4, -0.2) is 44.3 Å². The Hall–Kier alpha value is -2.70. The Morgan fingerprint density at radius 3 is 2.58 bits per heavy atom. The fourth-order valence-corrected chi connectivity index (χ4v) is 3.12. The van der Waals surface area contributed by atoms with Gasteiger partial charge in [0.25, 0.3) is 0 Å². The van der Waals surface area contributed by atoms with Crippen LogP contribution in [0.2, 0.25) is 0 Å². The quantitative estimate of drug-likeness (QED) is 0.858. The van der Waals surface area contributed by atoms with Crippen molar-refractivity contribution >= 4 is 11.8 Å². The Morgan fingerprint density at radius 1 is 1.21 bits per heavy atom. The molecule has 0 bridgehead atoms. The van der Waals surface area contributed by atoms with Crippen LogP contribution in [0, 0.1) is 0 Å². The largest absolute Gasteiger partial charge is 0.368 e. The highest BCUT2D eigenvalue weighted by Crippen LogP contribution is 2.23. The van der Waals surface area contributed by atoms with Crippen LogP contribution in [0.5, 0.6) is 0 Å². The van der Waals surface area contributed by atoms with Gasteiger partial charge in [-0.05, 0) is 25.0 Å². The number of nitrogens with zero attached hydrogens (tertiary/aromatic N) is 4. The number of amides is 2. The number of primary amides is 1. The van der Waals surface area contributed by atoms with Gasteiger partial charge in [0.2, 0.25) is 11.8 Å². The molecule has 1 aromatic carbocycles. The Balaban J connectivity index is 1.70. The van der Waals surface area contributed by atoms with Crippen molar-refractivity contribution in [3.63, 3.8) is 0 Å². The first-order chi connectivity index (χ1) is 11.6. The molecule has 2 aromatic rings. The minimum Gasteiger partial charge on any atom is -0.368 e. The third-order valence-corrected chi connectivity index (χ3v) is 4.27. The van der Waals surface area contributed by atoms with Gasteiger partial charge >= 0.3 is 0 Å². The van der Waals surface area contributed by atoms with Gasteiger partial charge in [-0.25, -0.2) is 0 Å². The highest BCUT2D eigenvalue weighted by molar-refractivity contribution is 5.85. The average molecular weight is 327 g/mol. The minimum atomic E-state index is -0.483. The molecule has 0 radical (unpaired) electrons. The van der Waals surface area contributed by atoms with Crippen LogP contribution in [0.15, 0.2) is 36.5 Å². The topological polar surface area (TPSA) is 94.1 Å². The Morgan fingerprint density at radius 2 is 1.92 bits per heavy atom. The number of hydrogen-bond acceptors (Lipinski definition) is 4. The summed E-state index contributed by atoms with van der Waals surface area (Å²) in [6.07, 6.45) is 5.72. The van der Waals surface area contributed by atoms with E-state index in [0.29, 0.717) is 5.69 Å². The lowest BCUT2D eigenvalue weighted by Gasteiger charge is -2.27. The molecule has 7 nitrogen and oxygen atoms in total. The molecule has 3 rings (SSSR count). The standard InChI is InChI=1S/C17H21N5O2/c18-16(23)12-21(14-6-4-5-7-14)17(24)10-13-11-19-22(20-13)15-8-2-1-3-9-15/h1-3,8-9,11,14H,4-7,10,12H2,(H2,18,23). The maximum atomic E-state index is 12.6. The molecule has 1 aromatic heterocycles. The summed E-state index contributed by atoms with van der Waals surface area (Å²) >= 11 is 0. The molecule has 24 heavy (non-hydrogen) atoms. The van der Waals surface area contributed by atoms with E-state index in [1.54, 1.807) is 11.1 Å². The van der Waals surface area contributed by atoms with Gasteiger partial charge in [-0.15, -0.1) is 0 Å². The summed E-state index contributed by atoms with van der Waals surface area (Å²) in [6, 6.07) is 9.61. The fourth-order valence-electron chi connectivity index (χ4n) is 3.12. The van der Waals surface area contributed by atoms with Gasteiger partial charge in [0.15, 0.2) is 0 Å². The zero-order valence-corrected chi connectivity index (χ0v) is 13.5. The molecule has 0 aliphatic heterocycles. The molecule has 7 heteroatoms. The molecule has 2 amide bonds. The number of para-hydroxylation sites is 1. The lowest BCUT2D eigenvalue weighted by molar-refractivity contribution is -0.136. The first kappa shape index (κ1) is 16.2. The smallest absolute Gasteiger partial charge is 0.237 e. The van der Waals surface area contributed by atoms with Crippen LogP contribution in [0.3, 0.4) is 0 Å². The third kappa shape index (κ3) is 3.79. The van der Waals surface area contributed by atoms with E-state index in [4.69, 9.17) is 5.73 Å². The Kier molecular flexibility index (Phi) is 4.88. The second kappa shape index (κ2) is 7.25. The average Bonchev–Trinajstić information content (AvgIpc) is 3.25. The zero-order chi connectivity index (χ0) is 16.9. The summed E-state index contributed by atoms with van der Waals surface area (Å²) in [7, 11) is 0. The van der Waals surface area contributed by atoms with Crippen molar-refractivity contribution in [3.8, 4) is 5.69 Å². The van der Waals surface area contributed by atoms with Crippen molar-refractivity contribution in [3.05, 3.63) is 42.2 Å².